The van der Waals surface area contributed by atoms with E-state index in [1.807, 2.05) is 0 Å². The second kappa shape index (κ2) is 4.65. The molecule has 0 radical (unpaired) electrons. The van der Waals surface area contributed by atoms with Gasteiger partial charge in [0, 0.05) is 5.54 Å². The van der Waals surface area contributed by atoms with Gasteiger partial charge in [0.1, 0.15) is 0 Å². The third kappa shape index (κ3) is 2.31. The van der Waals surface area contributed by atoms with Crippen molar-refractivity contribution in [2.45, 2.75) is 70.3 Å². The Kier molecular flexibility index (Phi) is 3.48. The van der Waals surface area contributed by atoms with E-state index in [1.165, 1.54) is 64.3 Å². The first-order valence-electron chi connectivity index (χ1n) is 6.56. The minimum Gasteiger partial charge on any atom is -0.311 e. The van der Waals surface area contributed by atoms with Crippen LogP contribution in [0.5, 0.6) is 0 Å². The average molecular weight is 195 g/mol. The Morgan fingerprint density at radius 1 is 0.929 bits per heavy atom. The van der Waals surface area contributed by atoms with Crippen molar-refractivity contribution < 1.29 is 0 Å². The molecule has 2 fully saturated rings. The molecule has 0 aromatic carbocycles. The molecule has 1 aliphatic carbocycles. The first kappa shape index (κ1) is 10.5. The first-order chi connectivity index (χ1) is 6.81. The molecular weight excluding hydrogens is 170 g/mol. The summed E-state index contributed by atoms with van der Waals surface area (Å²) >= 11 is 0. The van der Waals surface area contributed by atoms with Gasteiger partial charge in [-0.25, -0.2) is 0 Å². The highest BCUT2D eigenvalue weighted by atomic mass is 15.0. The van der Waals surface area contributed by atoms with Crippen LogP contribution in [-0.2, 0) is 0 Å². The molecule has 82 valence electrons. The molecule has 1 nitrogen and oxygen atoms in total. The van der Waals surface area contributed by atoms with Crippen LogP contribution in [0.1, 0.15) is 64.7 Å². The van der Waals surface area contributed by atoms with E-state index >= 15 is 0 Å². The largest absolute Gasteiger partial charge is 0.311 e. The lowest BCUT2D eigenvalue weighted by molar-refractivity contribution is 0.172. The molecule has 1 unspecified atom stereocenters. The van der Waals surface area contributed by atoms with E-state index < -0.39 is 0 Å². The molecule has 1 heteroatoms. The van der Waals surface area contributed by atoms with Gasteiger partial charge in [-0.1, -0.05) is 32.1 Å². The molecule has 0 bridgehead atoms. The number of hydrogen-bond donors (Lipinski definition) is 1. The summed E-state index contributed by atoms with van der Waals surface area (Å²) in [6.07, 6.45) is 13.1. The summed E-state index contributed by atoms with van der Waals surface area (Å²) in [5.74, 6) is 0.967. The maximum atomic E-state index is 3.83. The van der Waals surface area contributed by atoms with Crippen LogP contribution < -0.4 is 5.32 Å². The third-order valence-corrected chi connectivity index (χ3v) is 4.41. The minimum atomic E-state index is 0.483. The fourth-order valence-corrected chi connectivity index (χ4v) is 3.34. The van der Waals surface area contributed by atoms with E-state index in [-0.39, 0.29) is 0 Å². The van der Waals surface area contributed by atoms with Gasteiger partial charge >= 0.3 is 0 Å². The molecule has 1 atom stereocenters. The SMILES string of the molecule is CC1(C2CCCCC2)CCCCCN1. The van der Waals surface area contributed by atoms with Crippen molar-refractivity contribution in [1.29, 1.82) is 0 Å². The van der Waals surface area contributed by atoms with E-state index in [2.05, 4.69) is 12.2 Å². The highest BCUT2D eigenvalue weighted by Gasteiger charge is 2.34. The maximum Gasteiger partial charge on any atom is 0.0181 e. The van der Waals surface area contributed by atoms with Crippen molar-refractivity contribution in [3.8, 4) is 0 Å². The zero-order valence-electron chi connectivity index (χ0n) is 9.65. The normalized spacial score (nSPS) is 36.6. The second-order valence-electron chi connectivity index (χ2n) is 5.49. The van der Waals surface area contributed by atoms with Crippen LogP contribution in [0.15, 0.2) is 0 Å². The summed E-state index contributed by atoms with van der Waals surface area (Å²) in [6, 6.07) is 0. The molecular formula is C13H25N. The Morgan fingerprint density at radius 3 is 2.43 bits per heavy atom. The topological polar surface area (TPSA) is 12.0 Å². The molecule has 1 aliphatic heterocycles. The molecule has 1 saturated heterocycles. The summed E-state index contributed by atoms with van der Waals surface area (Å²) in [7, 11) is 0. The Hall–Kier alpha value is -0.0400. The van der Waals surface area contributed by atoms with Gasteiger partial charge in [-0.05, 0) is 45.1 Å². The molecule has 0 spiro atoms. The lowest BCUT2D eigenvalue weighted by atomic mass is 9.73. The maximum absolute atomic E-state index is 3.83. The van der Waals surface area contributed by atoms with Crippen LogP contribution in [0.4, 0.5) is 0 Å². The van der Waals surface area contributed by atoms with E-state index in [1.54, 1.807) is 0 Å². The van der Waals surface area contributed by atoms with Gasteiger partial charge in [0.25, 0.3) is 0 Å². The molecule has 2 aliphatic rings. The molecule has 14 heavy (non-hydrogen) atoms. The van der Waals surface area contributed by atoms with E-state index in [0.717, 1.165) is 5.92 Å². The van der Waals surface area contributed by atoms with Crippen molar-refractivity contribution in [3.05, 3.63) is 0 Å². The number of hydrogen-bond acceptors (Lipinski definition) is 1. The molecule has 0 aromatic rings. The first-order valence-corrected chi connectivity index (χ1v) is 6.56. The Bertz CT molecular complexity index is 162. The van der Waals surface area contributed by atoms with E-state index in [0.29, 0.717) is 5.54 Å². The van der Waals surface area contributed by atoms with Crippen LogP contribution in [-0.4, -0.2) is 12.1 Å². The number of rotatable bonds is 1. The highest BCUT2D eigenvalue weighted by Crippen LogP contribution is 2.36. The van der Waals surface area contributed by atoms with Gasteiger partial charge in [0.05, 0.1) is 0 Å². The van der Waals surface area contributed by atoms with Crippen molar-refractivity contribution in [2.75, 3.05) is 6.54 Å². The van der Waals surface area contributed by atoms with Crippen molar-refractivity contribution in [1.82, 2.24) is 5.32 Å². The molecule has 2 rings (SSSR count). The lowest BCUT2D eigenvalue weighted by Gasteiger charge is -2.40. The van der Waals surface area contributed by atoms with Gasteiger partial charge in [-0.3, -0.25) is 0 Å². The Morgan fingerprint density at radius 2 is 1.64 bits per heavy atom. The minimum absolute atomic E-state index is 0.483. The number of nitrogens with one attached hydrogen (secondary N) is 1. The van der Waals surface area contributed by atoms with E-state index in [9.17, 15) is 0 Å². The van der Waals surface area contributed by atoms with Crippen molar-refractivity contribution >= 4 is 0 Å². The lowest BCUT2D eigenvalue weighted by Crippen LogP contribution is -2.48. The van der Waals surface area contributed by atoms with Crippen LogP contribution >= 0.6 is 0 Å². The van der Waals surface area contributed by atoms with Gasteiger partial charge in [0.2, 0.25) is 0 Å². The Labute approximate surface area is 88.7 Å². The summed E-state index contributed by atoms with van der Waals surface area (Å²) in [5.41, 5.74) is 0.483. The average Bonchev–Trinajstić information content (AvgIpc) is 2.46. The summed E-state index contributed by atoms with van der Waals surface area (Å²) < 4.78 is 0. The molecule has 1 heterocycles. The summed E-state index contributed by atoms with van der Waals surface area (Å²) in [6.45, 7) is 3.74. The second-order valence-corrected chi connectivity index (χ2v) is 5.49. The van der Waals surface area contributed by atoms with Crippen LogP contribution in [0.3, 0.4) is 0 Å². The van der Waals surface area contributed by atoms with Crippen LogP contribution in [0.25, 0.3) is 0 Å². The van der Waals surface area contributed by atoms with Crippen molar-refractivity contribution in [3.63, 3.8) is 0 Å². The third-order valence-electron chi connectivity index (χ3n) is 4.41. The fraction of sp³-hybridized carbons (Fsp3) is 1.00. The van der Waals surface area contributed by atoms with Crippen LogP contribution in [0, 0.1) is 5.92 Å². The zero-order chi connectivity index (χ0) is 9.86. The van der Waals surface area contributed by atoms with Crippen molar-refractivity contribution in [2.24, 2.45) is 5.92 Å². The molecule has 1 N–H and O–H groups in total. The van der Waals surface area contributed by atoms with Crippen LogP contribution in [0.2, 0.25) is 0 Å². The Balaban J connectivity index is 1.96. The van der Waals surface area contributed by atoms with E-state index in [4.69, 9.17) is 0 Å². The predicted molar refractivity (Wildman–Crippen MR) is 61.5 cm³/mol. The van der Waals surface area contributed by atoms with Gasteiger partial charge in [0.15, 0.2) is 0 Å². The highest BCUT2D eigenvalue weighted by molar-refractivity contribution is 4.92. The van der Waals surface area contributed by atoms with Gasteiger partial charge in [-0.15, -0.1) is 0 Å². The monoisotopic (exact) mass is 195 g/mol. The summed E-state index contributed by atoms with van der Waals surface area (Å²) in [5, 5.41) is 3.83. The predicted octanol–water partition coefficient (Wildman–Crippen LogP) is 3.49. The molecule has 1 saturated carbocycles. The van der Waals surface area contributed by atoms with Gasteiger partial charge < -0.3 is 5.32 Å². The smallest absolute Gasteiger partial charge is 0.0181 e. The quantitative estimate of drug-likeness (QED) is 0.675. The summed E-state index contributed by atoms with van der Waals surface area (Å²) in [4.78, 5) is 0. The molecule has 0 amide bonds. The fourth-order valence-electron chi connectivity index (χ4n) is 3.34. The standard InChI is InChI=1S/C13H25N/c1-13(10-6-3-7-11-14-13)12-8-4-2-5-9-12/h12,14H,2-11H2,1H3. The zero-order valence-corrected chi connectivity index (χ0v) is 9.65. The van der Waals surface area contributed by atoms with Gasteiger partial charge in [-0.2, -0.15) is 0 Å². The molecule has 0 aromatic heterocycles.